The molecule has 2 aromatic rings. The molecule has 0 N–H and O–H groups in total. The van der Waals surface area contributed by atoms with Gasteiger partial charge in [0, 0.05) is 17.9 Å². The average Bonchev–Trinajstić information content (AvgIpc) is 2.50. The minimum absolute atomic E-state index is 0. The summed E-state index contributed by atoms with van der Waals surface area (Å²) in [4.78, 5) is 26.7. The molecule has 0 bridgehead atoms. The smallest absolute Gasteiger partial charge is 0.550 e. The molecule has 0 spiro atoms. The van der Waals surface area contributed by atoms with Gasteiger partial charge in [-0.2, -0.15) is 0 Å². The van der Waals surface area contributed by atoms with E-state index in [4.69, 9.17) is 29.7 Å². The van der Waals surface area contributed by atoms with E-state index < -0.39 is 17.9 Å². The van der Waals surface area contributed by atoms with Crippen LogP contribution in [0.25, 0.3) is 0 Å². The van der Waals surface area contributed by atoms with Crippen molar-refractivity contribution in [2.75, 3.05) is 0 Å². The number of rotatable bonds is 0. The van der Waals surface area contributed by atoms with Gasteiger partial charge in [-0.15, -0.1) is 0 Å². The van der Waals surface area contributed by atoms with E-state index in [9.17, 15) is 0 Å². The Bertz CT molecular complexity index is 392. The second-order valence-electron chi connectivity index (χ2n) is 3.63. The second-order valence-corrected chi connectivity index (χ2v) is 3.63. The van der Waals surface area contributed by atoms with Gasteiger partial charge in [0.25, 0.3) is 0 Å². The van der Waals surface area contributed by atoms with Crippen LogP contribution in [0.4, 0.5) is 0 Å². The maximum absolute atomic E-state index is 8.89. The molecule has 0 aliphatic rings. The molecule has 132 valence electrons. The van der Waals surface area contributed by atoms with Crippen LogP contribution in [0, 0.1) is 12.1 Å². The van der Waals surface area contributed by atoms with Gasteiger partial charge in [-0.1, -0.05) is 60.7 Å². The van der Waals surface area contributed by atoms with Gasteiger partial charge in [0.15, 0.2) is 0 Å². The fraction of sp³-hybridized carbons (Fsp3) is 0.167. The molecular formula is C18H19O6Sb. The maximum atomic E-state index is 8.89. The summed E-state index contributed by atoms with van der Waals surface area (Å²) in [5.41, 5.74) is 0. The van der Waals surface area contributed by atoms with E-state index in [2.05, 4.69) is 12.1 Å². The van der Waals surface area contributed by atoms with Crippen LogP contribution >= 0.6 is 0 Å². The molecule has 0 heterocycles. The Kier molecular flexibility index (Phi) is 32.4. The molecule has 0 amide bonds. The van der Waals surface area contributed by atoms with Gasteiger partial charge in [-0.05, 0) is 32.9 Å². The zero-order valence-corrected chi connectivity index (χ0v) is 16.7. The van der Waals surface area contributed by atoms with Gasteiger partial charge in [-0.25, -0.2) is 0 Å². The Balaban J connectivity index is -0.000000111. The van der Waals surface area contributed by atoms with Gasteiger partial charge >= 0.3 is 24.4 Å². The summed E-state index contributed by atoms with van der Waals surface area (Å²) in [7, 11) is 0. The van der Waals surface area contributed by atoms with Crippen molar-refractivity contribution < 1.29 is 29.7 Å². The number of hydrogen-bond acceptors (Lipinski definition) is 6. The van der Waals surface area contributed by atoms with Crippen LogP contribution in [-0.4, -0.2) is 42.3 Å². The van der Waals surface area contributed by atoms with Crippen molar-refractivity contribution in [1.82, 2.24) is 0 Å². The first kappa shape index (κ1) is 30.5. The van der Waals surface area contributed by atoms with Crippen LogP contribution in [-0.2, 0) is 14.4 Å². The molecule has 6 nitrogen and oxygen atoms in total. The Morgan fingerprint density at radius 1 is 0.560 bits per heavy atom. The van der Waals surface area contributed by atoms with Crippen LogP contribution in [0.5, 0.6) is 0 Å². The molecule has 0 aliphatic carbocycles. The van der Waals surface area contributed by atoms with Gasteiger partial charge in [-0.3, -0.25) is 0 Å². The molecule has 2 rings (SSSR count). The zero-order chi connectivity index (χ0) is 19.2. The van der Waals surface area contributed by atoms with Crippen molar-refractivity contribution >= 4 is 42.3 Å². The Morgan fingerprint density at radius 3 is 0.760 bits per heavy atom. The van der Waals surface area contributed by atoms with Crippen LogP contribution < -0.4 is 15.3 Å². The largest absolute Gasteiger partial charge is 3.00 e. The Morgan fingerprint density at radius 2 is 0.720 bits per heavy atom. The maximum Gasteiger partial charge on any atom is 3.00 e. The van der Waals surface area contributed by atoms with E-state index in [0.29, 0.717) is 0 Å². The summed E-state index contributed by atoms with van der Waals surface area (Å²) in [6, 6.07) is 25.0. The zero-order valence-electron chi connectivity index (χ0n) is 14.2. The van der Waals surface area contributed by atoms with E-state index in [-0.39, 0.29) is 24.4 Å². The summed E-state index contributed by atoms with van der Waals surface area (Å²) >= 11 is 0. The van der Waals surface area contributed by atoms with Crippen molar-refractivity contribution in [1.29, 1.82) is 0 Å². The minimum Gasteiger partial charge on any atom is -0.550 e. The molecule has 7 heteroatoms. The predicted molar refractivity (Wildman–Crippen MR) is 88.4 cm³/mol. The fourth-order valence-corrected chi connectivity index (χ4v) is 0.684. The molecule has 2 aromatic carbocycles. The fourth-order valence-electron chi connectivity index (χ4n) is 0.684. The van der Waals surface area contributed by atoms with Crippen molar-refractivity contribution in [2.45, 2.75) is 20.8 Å². The number of aliphatic carboxylic acids is 3. The molecule has 0 aromatic heterocycles. The van der Waals surface area contributed by atoms with Crippen molar-refractivity contribution in [3.63, 3.8) is 0 Å². The van der Waals surface area contributed by atoms with Gasteiger partial charge in [0.2, 0.25) is 0 Å². The van der Waals surface area contributed by atoms with Gasteiger partial charge < -0.3 is 29.7 Å². The first-order chi connectivity index (χ1) is 11.2. The topological polar surface area (TPSA) is 120 Å². The second kappa shape index (κ2) is 26.6. The number of hydrogen-bond donors (Lipinski definition) is 0. The first-order valence-electron chi connectivity index (χ1n) is 6.55. The standard InChI is InChI=1S/2C6H5.3C2H4O2.Sb/c2*1-2-4-6-5-3-1;3*1-2(3)4;/h2*1-5H;3*1H3,(H,3,4);/q;;;;;+3/p-3. The summed E-state index contributed by atoms with van der Waals surface area (Å²) in [6.07, 6.45) is 0. The molecule has 25 heavy (non-hydrogen) atoms. The number of benzene rings is 2. The third-order valence-corrected chi connectivity index (χ3v) is 1.21. The van der Waals surface area contributed by atoms with Crippen LogP contribution in [0.2, 0.25) is 0 Å². The van der Waals surface area contributed by atoms with Crippen LogP contribution in [0.1, 0.15) is 20.8 Å². The third kappa shape index (κ3) is 89.7. The van der Waals surface area contributed by atoms with Crippen molar-refractivity contribution in [3.8, 4) is 0 Å². The van der Waals surface area contributed by atoms with Crippen molar-refractivity contribution in [3.05, 3.63) is 72.8 Å². The van der Waals surface area contributed by atoms with Gasteiger partial charge in [0.1, 0.15) is 0 Å². The summed E-state index contributed by atoms with van der Waals surface area (Å²) in [5.74, 6) is -3.25. The van der Waals surface area contributed by atoms with E-state index in [0.717, 1.165) is 20.8 Å². The number of carboxylic acid groups (broad SMARTS) is 3. The molecule has 0 unspecified atom stereocenters. The van der Waals surface area contributed by atoms with Crippen LogP contribution in [0.15, 0.2) is 60.7 Å². The molecule has 0 fully saturated rings. The summed E-state index contributed by atoms with van der Waals surface area (Å²) < 4.78 is 0. The minimum atomic E-state index is -1.08. The number of carbonyl (C=O) groups excluding carboxylic acids is 3. The van der Waals surface area contributed by atoms with E-state index in [1.54, 1.807) is 0 Å². The number of carbonyl (C=O) groups is 3. The molecule has 0 atom stereocenters. The molecule has 0 saturated heterocycles. The summed E-state index contributed by atoms with van der Waals surface area (Å²) in [5, 5.41) is 26.7. The van der Waals surface area contributed by atoms with E-state index in [1.807, 2.05) is 60.7 Å². The normalized spacial score (nSPS) is 6.84. The predicted octanol–water partition coefficient (Wildman–Crippen LogP) is -1.14. The number of carboxylic acids is 3. The molecule has 0 aliphatic heterocycles. The van der Waals surface area contributed by atoms with Gasteiger partial charge in [0.05, 0.1) is 0 Å². The molecule has 0 saturated carbocycles. The molecule has 4 radical (unpaired) electrons. The average molecular weight is 453 g/mol. The van der Waals surface area contributed by atoms with E-state index in [1.165, 1.54) is 0 Å². The van der Waals surface area contributed by atoms with Crippen LogP contribution in [0.3, 0.4) is 0 Å². The Hall–Kier alpha value is -2.33. The SMILES string of the molecule is CC(=O)[O-].CC(=O)[O-].CC(=O)[O-].[Sb+3].[c]1ccccc1.[c]1ccccc1. The summed E-state index contributed by atoms with van der Waals surface area (Å²) in [6.45, 7) is 2.92. The quantitative estimate of drug-likeness (QED) is 0.466. The first-order valence-corrected chi connectivity index (χ1v) is 6.55. The van der Waals surface area contributed by atoms with E-state index >= 15 is 0 Å². The Labute approximate surface area is 165 Å². The molecular weight excluding hydrogens is 434 g/mol. The third-order valence-electron chi connectivity index (χ3n) is 1.21. The van der Waals surface area contributed by atoms with Crippen molar-refractivity contribution in [2.24, 2.45) is 0 Å². The monoisotopic (exact) mass is 452 g/mol.